The number of nitrogens with one attached hydrogen (secondary N) is 1. The number of rotatable bonds is 7. The highest BCUT2D eigenvalue weighted by molar-refractivity contribution is 6.30. The zero-order valence-corrected chi connectivity index (χ0v) is 23.2. The number of benzene rings is 2. The molecule has 37 heavy (non-hydrogen) atoms. The maximum Gasteiger partial charge on any atom is 0.245 e. The van der Waals surface area contributed by atoms with Crippen molar-refractivity contribution in [2.24, 2.45) is 11.3 Å². The number of amides is 2. The Morgan fingerprint density at radius 3 is 2.16 bits per heavy atom. The lowest BCUT2D eigenvalue weighted by Gasteiger charge is -2.51. The van der Waals surface area contributed by atoms with Crippen LogP contribution in [-0.4, -0.2) is 58.9 Å². The number of likely N-dealkylation sites (tertiary alicyclic amines) is 2. The molecular weight excluding hydrogens is 486 g/mol. The van der Waals surface area contributed by atoms with Gasteiger partial charge in [-0.15, -0.1) is 0 Å². The van der Waals surface area contributed by atoms with E-state index in [1.54, 1.807) is 12.1 Å². The number of aliphatic hydroxyl groups is 1. The Kier molecular flexibility index (Phi) is 8.32. The number of hydrogen-bond acceptors (Lipinski definition) is 4. The molecule has 3 atom stereocenters. The summed E-state index contributed by atoms with van der Waals surface area (Å²) in [5, 5.41) is 15.5. The molecule has 2 aliphatic rings. The van der Waals surface area contributed by atoms with Gasteiger partial charge in [-0.1, -0.05) is 81.8 Å². The quantitative estimate of drug-likeness (QED) is 0.546. The summed E-state index contributed by atoms with van der Waals surface area (Å²) in [5.41, 5.74) is 0.0737. The predicted octanol–water partition coefficient (Wildman–Crippen LogP) is 4.76. The number of piperidine rings is 1. The summed E-state index contributed by atoms with van der Waals surface area (Å²) in [4.78, 5) is 31.6. The second-order valence-corrected chi connectivity index (χ2v) is 12.0. The van der Waals surface area contributed by atoms with Gasteiger partial charge in [-0.05, 0) is 61.5 Å². The zero-order valence-electron chi connectivity index (χ0n) is 22.4. The number of carbonyl (C=O) groups is 2. The Morgan fingerprint density at radius 2 is 1.59 bits per heavy atom. The molecular formula is C30H40ClN3O3. The van der Waals surface area contributed by atoms with E-state index in [1.807, 2.05) is 75.1 Å². The van der Waals surface area contributed by atoms with Gasteiger partial charge in [0.1, 0.15) is 12.1 Å². The minimum atomic E-state index is -1.08. The molecule has 0 radical (unpaired) electrons. The third kappa shape index (κ3) is 5.71. The number of carbonyl (C=O) groups excluding carboxylic acids is 2. The van der Waals surface area contributed by atoms with Crippen LogP contribution in [-0.2, 0) is 15.2 Å². The summed E-state index contributed by atoms with van der Waals surface area (Å²) in [6.07, 6.45) is 2.55. The van der Waals surface area contributed by atoms with E-state index in [-0.39, 0.29) is 17.7 Å². The van der Waals surface area contributed by atoms with Crippen molar-refractivity contribution >= 4 is 23.4 Å². The van der Waals surface area contributed by atoms with Crippen LogP contribution in [0.4, 0.5) is 0 Å². The average Bonchev–Trinajstić information content (AvgIpc) is 3.39. The van der Waals surface area contributed by atoms with E-state index < -0.39 is 23.1 Å². The fourth-order valence-corrected chi connectivity index (χ4v) is 6.00. The maximum atomic E-state index is 13.8. The van der Waals surface area contributed by atoms with E-state index in [4.69, 9.17) is 11.6 Å². The van der Waals surface area contributed by atoms with Gasteiger partial charge in [-0.3, -0.25) is 14.5 Å². The Labute approximate surface area is 226 Å². The SMILES string of the molecule is CC(C)[C@@H](NC(=O)C(c1ccccc1)N1CCCC1)C(=O)N1CC[C@](O)(c2ccc(Cl)cc2)C(C)(C)C1. The van der Waals surface area contributed by atoms with Crippen molar-refractivity contribution in [1.82, 2.24) is 15.1 Å². The Bertz CT molecular complexity index is 1080. The monoisotopic (exact) mass is 525 g/mol. The Balaban J connectivity index is 1.52. The predicted molar refractivity (Wildman–Crippen MR) is 147 cm³/mol. The summed E-state index contributed by atoms with van der Waals surface area (Å²) >= 11 is 6.07. The lowest BCUT2D eigenvalue weighted by atomic mass is 9.66. The minimum absolute atomic E-state index is 0.0772. The van der Waals surface area contributed by atoms with Gasteiger partial charge in [0.25, 0.3) is 0 Å². The summed E-state index contributed by atoms with van der Waals surface area (Å²) in [6.45, 7) is 10.5. The van der Waals surface area contributed by atoms with Crippen molar-refractivity contribution in [2.75, 3.05) is 26.2 Å². The van der Waals surface area contributed by atoms with Crippen LogP contribution in [0.3, 0.4) is 0 Å². The van der Waals surface area contributed by atoms with Crippen molar-refractivity contribution in [3.8, 4) is 0 Å². The second kappa shape index (κ2) is 11.1. The summed E-state index contributed by atoms with van der Waals surface area (Å²) in [7, 11) is 0. The highest BCUT2D eigenvalue weighted by Gasteiger charge is 2.50. The molecule has 2 aromatic carbocycles. The van der Waals surface area contributed by atoms with E-state index in [0.29, 0.717) is 24.5 Å². The highest BCUT2D eigenvalue weighted by atomic mass is 35.5. The number of hydrogen-bond donors (Lipinski definition) is 2. The number of nitrogens with zero attached hydrogens (tertiary/aromatic N) is 2. The molecule has 200 valence electrons. The maximum absolute atomic E-state index is 13.8. The normalized spacial score (nSPS) is 23.6. The van der Waals surface area contributed by atoms with Crippen LogP contribution in [0, 0.1) is 11.3 Å². The van der Waals surface area contributed by atoms with Crippen LogP contribution >= 0.6 is 11.6 Å². The van der Waals surface area contributed by atoms with Crippen molar-refractivity contribution in [3.05, 3.63) is 70.7 Å². The number of halogens is 1. The Morgan fingerprint density at radius 1 is 0.973 bits per heavy atom. The van der Waals surface area contributed by atoms with Crippen molar-refractivity contribution in [3.63, 3.8) is 0 Å². The third-order valence-electron chi connectivity index (χ3n) is 8.18. The molecule has 2 heterocycles. The lowest BCUT2D eigenvalue weighted by Crippen LogP contribution is -2.61. The molecule has 2 amide bonds. The van der Waals surface area contributed by atoms with Crippen LogP contribution < -0.4 is 5.32 Å². The van der Waals surface area contributed by atoms with E-state index in [2.05, 4.69) is 10.2 Å². The van der Waals surface area contributed by atoms with Crippen LogP contribution in [0.2, 0.25) is 5.02 Å². The molecule has 0 spiro atoms. The molecule has 2 N–H and O–H groups in total. The molecule has 0 aliphatic carbocycles. The van der Waals surface area contributed by atoms with Crippen LogP contribution in [0.25, 0.3) is 0 Å². The first kappa shape index (κ1) is 27.6. The first-order valence-corrected chi connectivity index (χ1v) is 13.8. The standard InChI is InChI=1S/C30H40ClN3O3/c1-21(2)25(32-27(35)26(33-17-8-9-18-33)22-10-6-5-7-11-22)28(36)34-19-16-30(37,29(3,4)20-34)23-12-14-24(31)15-13-23/h5-7,10-15,21,25-26,37H,8-9,16-20H2,1-4H3,(H,32,35)/t25-,26?,30+/m1/s1. The Hall–Kier alpha value is -2.41. The first-order valence-electron chi connectivity index (χ1n) is 13.4. The fraction of sp³-hybridized carbons (Fsp3) is 0.533. The zero-order chi connectivity index (χ0) is 26.8. The van der Waals surface area contributed by atoms with Crippen molar-refractivity contribution < 1.29 is 14.7 Å². The van der Waals surface area contributed by atoms with Gasteiger partial charge in [0.2, 0.25) is 11.8 Å². The molecule has 4 rings (SSSR count). The van der Waals surface area contributed by atoms with Crippen LogP contribution in [0.15, 0.2) is 54.6 Å². The molecule has 2 aliphatic heterocycles. The molecule has 1 unspecified atom stereocenters. The summed E-state index contributed by atoms with van der Waals surface area (Å²) < 4.78 is 0. The second-order valence-electron chi connectivity index (χ2n) is 11.5. The topological polar surface area (TPSA) is 72.9 Å². The molecule has 0 bridgehead atoms. The average molecular weight is 526 g/mol. The van der Waals surface area contributed by atoms with Crippen molar-refractivity contribution in [1.29, 1.82) is 0 Å². The van der Waals surface area contributed by atoms with Gasteiger partial charge < -0.3 is 15.3 Å². The van der Waals surface area contributed by atoms with Crippen molar-refractivity contribution in [2.45, 2.75) is 64.6 Å². The van der Waals surface area contributed by atoms with Crippen LogP contribution in [0.5, 0.6) is 0 Å². The molecule has 2 aromatic rings. The van der Waals surface area contributed by atoms with Gasteiger partial charge >= 0.3 is 0 Å². The van der Waals surface area contributed by atoms with Gasteiger partial charge in [0.15, 0.2) is 0 Å². The summed E-state index contributed by atoms with van der Waals surface area (Å²) in [5.74, 6) is -0.302. The van der Waals surface area contributed by atoms with E-state index in [1.165, 1.54) is 0 Å². The van der Waals surface area contributed by atoms with E-state index >= 15 is 0 Å². The first-order chi connectivity index (χ1) is 17.5. The molecule has 7 heteroatoms. The van der Waals surface area contributed by atoms with Crippen LogP contribution in [0.1, 0.15) is 64.1 Å². The highest BCUT2D eigenvalue weighted by Crippen LogP contribution is 2.46. The van der Waals surface area contributed by atoms with Gasteiger partial charge in [0, 0.05) is 23.5 Å². The van der Waals surface area contributed by atoms with Gasteiger partial charge in [0.05, 0.1) is 5.60 Å². The van der Waals surface area contributed by atoms with Gasteiger partial charge in [-0.2, -0.15) is 0 Å². The smallest absolute Gasteiger partial charge is 0.245 e. The molecule has 0 aromatic heterocycles. The minimum Gasteiger partial charge on any atom is -0.384 e. The van der Waals surface area contributed by atoms with Gasteiger partial charge in [-0.25, -0.2) is 0 Å². The molecule has 0 saturated carbocycles. The molecule has 2 saturated heterocycles. The largest absolute Gasteiger partial charge is 0.384 e. The lowest BCUT2D eigenvalue weighted by molar-refractivity contribution is -0.157. The van der Waals surface area contributed by atoms with E-state index in [9.17, 15) is 14.7 Å². The molecule has 6 nitrogen and oxygen atoms in total. The third-order valence-corrected chi connectivity index (χ3v) is 8.43. The summed E-state index contributed by atoms with van der Waals surface area (Å²) in [6, 6.07) is 16.1. The van der Waals surface area contributed by atoms with E-state index in [0.717, 1.165) is 37.1 Å². The fourth-order valence-electron chi connectivity index (χ4n) is 5.88. The molecule has 2 fully saturated rings.